The number of hydrogen-bond acceptors (Lipinski definition) is 4. The molecule has 5 heteroatoms. The summed E-state index contributed by atoms with van der Waals surface area (Å²) in [5, 5.41) is 18.8. The number of nitriles is 1. The standard InChI is InChI=1S/C16H13N5/c17-9-13-3-6-16(19-11-13)18-10-12-1-4-14(5-2-12)15-7-8-20-21-15/h1-8,11H,10H2,(H,18,19)(H,20,21). The van der Waals surface area contributed by atoms with Crippen LogP contribution in [0.4, 0.5) is 5.82 Å². The Labute approximate surface area is 122 Å². The highest BCUT2D eigenvalue weighted by Gasteiger charge is 2.00. The fourth-order valence-corrected chi connectivity index (χ4v) is 1.98. The van der Waals surface area contributed by atoms with Crippen LogP contribution in [0.2, 0.25) is 0 Å². The lowest BCUT2D eigenvalue weighted by Gasteiger charge is -2.06. The highest BCUT2D eigenvalue weighted by molar-refractivity contribution is 5.58. The van der Waals surface area contributed by atoms with Gasteiger partial charge in [0.05, 0.1) is 11.3 Å². The molecule has 5 nitrogen and oxygen atoms in total. The van der Waals surface area contributed by atoms with Gasteiger partial charge in [-0.25, -0.2) is 4.98 Å². The maximum Gasteiger partial charge on any atom is 0.126 e. The summed E-state index contributed by atoms with van der Waals surface area (Å²) in [4.78, 5) is 4.18. The number of nitrogens with zero attached hydrogens (tertiary/aromatic N) is 3. The zero-order chi connectivity index (χ0) is 14.5. The Morgan fingerprint density at radius 2 is 1.95 bits per heavy atom. The van der Waals surface area contributed by atoms with Crippen LogP contribution >= 0.6 is 0 Å². The molecule has 102 valence electrons. The molecule has 0 bridgehead atoms. The minimum absolute atomic E-state index is 0.560. The van der Waals surface area contributed by atoms with E-state index in [0.29, 0.717) is 12.1 Å². The summed E-state index contributed by atoms with van der Waals surface area (Å²) in [5.74, 6) is 0.756. The number of anilines is 1. The van der Waals surface area contributed by atoms with Crippen LogP contribution in [0.3, 0.4) is 0 Å². The third-order valence-corrected chi connectivity index (χ3v) is 3.13. The van der Waals surface area contributed by atoms with E-state index >= 15 is 0 Å². The summed E-state index contributed by atoms with van der Waals surface area (Å²) in [6.45, 7) is 0.683. The van der Waals surface area contributed by atoms with Crippen molar-refractivity contribution in [3.05, 3.63) is 66.0 Å². The number of hydrogen-bond donors (Lipinski definition) is 2. The van der Waals surface area contributed by atoms with Crippen LogP contribution in [0, 0.1) is 11.3 Å². The first kappa shape index (κ1) is 12.9. The minimum atomic E-state index is 0.560. The Bertz CT molecular complexity index is 737. The first-order chi connectivity index (χ1) is 10.3. The predicted octanol–water partition coefficient (Wildman–Crippen LogP) is 2.96. The lowest BCUT2D eigenvalue weighted by Crippen LogP contribution is -2.01. The Balaban J connectivity index is 1.64. The second kappa shape index (κ2) is 5.88. The minimum Gasteiger partial charge on any atom is -0.366 e. The highest BCUT2D eigenvalue weighted by Crippen LogP contribution is 2.17. The fraction of sp³-hybridized carbons (Fsp3) is 0.0625. The van der Waals surface area contributed by atoms with E-state index in [4.69, 9.17) is 5.26 Å². The van der Waals surface area contributed by atoms with Gasteiger partial charge in [0.1, 0.15) is 11.9 Å². The highest BCUT2D eigenvalue weighted by atomic mass is 15.1. The molecule has 0 spiro atoms. The Morgan fingerprint density at radius 1 is 1.10 bits per heavy atom. The molecule has 2 heterocycles. The van der Waals surface area contributed by atoms with Crippen LogP contribution in [0.25, 0.3) is 11.3 Å². The van der Waals surface area contributed by atoms with Crippen molar-refractivity contribution in [2.45, 2.75) is 6.54 Å². The second-order valence-corrected chi connectivity index (χ2v) is 4.56. The smallest absolute Gasteiger partial charge is 0.126 e. The monoisotopic (exact) mass is 275 g/mol. The molecule has 0 aliphatic carbocycles. The Kier molecular flexibility index (Phi) is 3.61. The van der Waals surface area contributed by atoms with Gasteiger partial charge in [-0.3, -0.25) is 5.10 Å². The van der Waals surface area contributed by atoms with E-state index in [-0.39, 0.29) is 0 Å². The van der Waals surface area contributed by atoms with Gasteiger partial charge in [-0.2, -0.15) is 10.4 Å². The van der Waals surface area contributed by atoms with Crippen molar-refractivity contribution in [3.8, 4) is 17.3 Å². The third-order valence-electron chi connectivity index (χ3n) is 3.13. The van der Waals surface area contributed by atoms with Crippen molar-refractivity contribution >= 4 is 5.82 Å². The van der Waals surface area contributed by atoms with Crippen molar-refractivity contribution in [1.82, 2.24) is 15.2 Å². The molecule has 0 saturated carbocycles. The summed E-state index contributed by atoms with van der Waals surface area (Å²) in [6.07, 6.45) is 3.30. The van der Waals surface area contributed by atoms with Crippen molar-refractivity contribution < 1.29 is 0 Å². The summed E-state index contributed by atoms with van der Waals surface area (Å²) in [5.41, 5.74) is 3.82. The number of benzene rings is 1. The number of rotatable bonds is 4. The van der Waals surface area contributed by atoms with E-state index < -0.39 is 0 Å². The molecule has 0 radical (unpaired) electrons. The van der Waals surface area contributed by atoms with E-state index in [1.165, 1.54) is 0 Å². The van der Waals surface area contributed by atoms with Gasteiger partial charge in [0.15, 0.2) is 0 Å². The molecule has 0 atom stereocenters. The molecule has 1 aromatic carbocycles. The van der Waals surface area contributed by atoms with Gasteiger partial charge in [-0.15, -0.1) is 0 Å². The molecular weight excluding hydrogens is 262 g/mol. The van der Waals surface area contributed by atoms with Gasteiger partial charge in [0, 0.05) is 18.9 Å². The van der Waals surface area contributed by atoms with E-state index in [9.17, 15) is 0 Å². The van der Waals surface area contributed by atoms with Gasteiger partial charge >= 0.3 is 0 Å². The topological polar surface area (TPSA) is 77.4 Å². The molecule has 0 fully saturated rings. The van der Waals surface area contributed by atoms with Gasteiger partial charge < -0.3 is 5.32 Å². The van der Waals surface area contributed by atoms with E-state index in [0.717, 1.165) is 22.6 Å². The average molecular weight is 275 g/mol. The molecule has 3 rings (SSSR count). The lowest BCUT2D eigenvalue weighted by molar-refractivity contribution is 1.09. The number of H-pyrrole nitrogens is 1. The molecule has 0 unspecified atom stereocenters. The van der Waals surface area contributed by atoms with Crippen LogP contribution < -0.4 is 5.32 Å². The second-order valence-electron chi connectivity index (χ2n) is 4.56. The number of pyridine rings is 1. The molecule has 3 aromatic rings. The van der Waals surface area contributed by atoms with E-state index in [2.05, 4.69) is 44.8 Å². The van der Waals surface area contributed by atoms with Crippen LogP contribution in [-0.2, 0) is 6.54 Å². The van der Waals surface area contributed by atoms with Gasteiger partial charge in [-0.05, 0) is 29.3 Å². The first-order valence-electron chi connectivity index (χ1n) is 6.54. The van der Waals surface area contributed by atoms with E-state index in [1.54, 1.807) is 24.5 Å². The summed E-state index contributed by atoms with van der Waals surface area (Å²) >= 11 is 0. The van der Waals surface area contributed by atoms with Crippen LogP contribution in [0.5, 0.6) is 0 Å². The van der Waals surface area contributed by atoms with Crippen LogP contribution in [-0.4, -0.2) is 15.2 Å². The van der Waals surface area contributed by atoms with Crippen molar-refractivity contribution in [3.63, 3.8) is 0 Å². The van der Waals surface area contributed by atoms with Crippen molar-refractivity contribution in [2.75, 3.05) is 5.32 Å². The lowest BCUT2D eigenvalue weighted by atomic mass is 10.1. The zero-order valence-electron chi connectivity index (χ0n) is 11.2. The zero-order valence-corrected chi connectivity index (χ0v) is 11.2. The number of aromatic amines is 1. The van der Waals surface area contributed by atoms with E-state index in [1.807, 2.05) is 12.1 Å². The molecule has 2 N–H and O–H groups in total. The van der Waals surface area contributed by atoms with Crippen molar-refractivity contribution in [2.24, 2.45) is 0 Å². The van der Waals surface area contributed by atoms with Crippen LogP contribution in [0.1, 0.15) is 11.1 Å². The Morgan fingerprint density at radius 3 is 2.57 bits per heavy atom. The molecule has 21 heavy (non-hydrogen) atoms. The summed E-state index contributed by atoms with van der Waals surface area (Å²) in [6, 6.07) is 15.8. The van der Waals surface area contributed by atoms with Gasteiger partial charge in [0.2, 0.25) is 0 Å². The van der Waals surface area contributed by atoms with Crippen LogP contribution in [0.15, 0.2) is 54.9 Å². The first-order valence-corrected chi connectivity index (χ1v) is 6.54. The van der Waals surface area contributed by atoms with Crippen molar-refractivity contribution in [1.29, 1.82) is 5.26 Å². The normalized spacial score (nSPS) is 10.0. The molecule has 2 aromatic heterocycles. The number of nitrogens with one attached hydrogen (secondary N) is 2. The number of aromatic nitrogens is 3. The molecule has 0 aliphatic rings. The largest absolute Gasteiger partial charge is 0.366 e. The third kappa shape index (κ3) is 3.07. The summed E-state index contributed by atoms with van der Waals surface area (Å²) in [7, 11) is 0. The Hall–Kier alpha value is -3.13. The maximum atomic E-state index is 8.72. The SMILES string of the molecule is N#Cc1ccc(NCc2ccc(-c3ccn[nH]3)cc2)nc1. The molecule has 0 saturated heterocycles. The molecule has 0 amide bonds. The van der Waals surface area contributed by atoms with Gasteiger partial charge in [-0.1, -0.05) is 24.3 Å². The quantitative estimate of drug-likeness (QED) is 0.767. The fourth-order valence-electron chi connectivity index (χ4n) is 1.98. The molecular formula is C16H13N5. The van der Waals surface area contributed by atoms with Gasteiger partial charge in [0.25, 0.3) is 0 Å². The predicted molar refractivity (Wildman–Crippen MR) is 80.3 cm³/mol. The maximum absolute atomic E-state index is 8.72. The average Bonchev–Trinajstić information content (AvgIpc) is 3.08. The molecule has 0 aliphatic heterocycles. The summed E-state index contributed by atoms with van der Waals surface area (Å²) < 4.78 is 0.